The molecule has 250 valence electrons. The lowest BCUT2D eigenvalue weighted by molar-refractivity contribution is 0.590. The number of benzene rings is 5. The number of para-hydroxylation sites is 1. The molecule has 0 fully saturated rings. The van der Waals surface area contributed by atoms with Gasteiger partial charge in [-0.1, -0.05) is 77.9 Å². The van der Waals surface area contributed by atoms with Crippen molar-refractivity contribution in [2.75, 3.05) is 0 Å². The summed E-state index contributed by atoms with van der Waals surface area (Å²) in [6, 6.07) is 34.2. The molecule has 8 aromatic rings. The first-order valence-corrected chi connectivity index (χ1v) is 17.9. The summed E-state index contributed by atoms with van der Waals surface area (Å²) in [4.78, 5) is 8.77. The van der Waals surface area contributed by atoms with E-state index in [0.29, 0.717) is 0 Å². The maximum Gasteiger partial charge on any atom is 0.145 e. The minimum atomic E-state index is -0.00556. The minimum absolute atomic E-state index is 0.00556. The summed E-state index contributed by atoms with van der Waals surface area (Å²) in [5, 5.41) is 4.99. The molecule has 0 bridgehead atoms. The summed E-state index contributed by atoms with van der Waals surface area (Å²) in [6.45, 7) is 22.8. The fourth-order valence-electron chi connectivity index (χ4n) is 7.96. The number of fused-ring (bicyclic) bond motifs is 6. The van der Waals surface area contributed by atoms with Crippen LogP contribution in [0.25, 0.3) is 71.7 Å². The van der Waals surface area contributed by atoms with Crippen LogP contribution in [-0.2, 0) is 10.8 Å². The lowest BCUT2D eigenvalue weighted by atomic mass is 9.82. The fraction of sp³-hybridized carbons (Fsp3) is 0.255. The highest BCUT2D eigenvalue weighted by molar-refractivity contribution is 6.13. The number of pyridine rings is 1. The molecule has 3 heterocycles. The molecule has 0 aliphatic heterocycles. The van der Waals surface area contributed by atoms with Crippen LogP contribution < -0.4 is 0 Å². The molecule has 0 amide bonds. The Morgan fingerprint density at radius 3 is 1.86 bits per heavy atom. The molecule has 0 spiro atoms. The topological polar surface area (TPSA) is 33.6 Å². The van der Waals surface area contributed by atoms with Crippen LogP contribution in [0.4, 0.5) is 0 Å². The molecule has 50 heavy (non-hydrogen) atoms. The lowest BCUT2D eigenvalue weighted by Gasteiger charge is -2.22. The van der Waals surface area contributed by atoms with Gasteiger partial charge in [0.2, 0.25) is 0 Å². The van der Waals surface area contributed by atoms with Crippen molar-refractivity contribution in [3.8, 4) is 27.9 Å². The van der Waals surface area contributed by atoms with Gasteiger partial charge in [-0.3, -0.25) is 4.57 Å². The van der Waals surface area contributed by atoms with Gasteiger partial charge in [0.1, 0.15) is 5.65 Å². The summed E-state index contributed by atoms with van der Waals surface area (Å²) in [5.41, 5.74) is 18.6. The van der Waals surface area contributed by atoms with Crippen molar-refractivity contribution in [2.45, 2.75) is 80.1 Å². The average molecular weight is 654 g/mol. The Labute approximate surface area is 296 Å². The molecular formula is C47H47N3. The summed E-state index contributed by atoms with van der Waals surface area (Å²) >= 11 is 0. The van der Waals surface area contributed by atoms with Gasteiger partial charge in [0.15, 0.2) is 0 Å². The van der Waals surface area contributed by atoms with Crippen molar-refractivity contribution in [3.63, 3.8) is 0 Å². The average Bonchev–Trinajstić information content (AvgIpc) is 3.60. The molecule has 0 unspecified atom stereocenters. The summed E-state index contributed by atoms with van der Waals surface area (Å²) in [5.74, 6) is 0. The standard InChI is InChI=1S/C47H47N3/c1-27-20-28(2)36(39-23-32(47(8,9)10)24-40-38-22-31(46(5,6)7)17-18-41(38)49-44(39)40)25-35(27)37-26-43(30(4)21-29(37)3)50-42-16-12-11-14-33(42)34-15-13-19-48-45(34)50/h11-26,49H,1-10H3. The number of H-pyrrole nitrogens is 1. The smallest absolute Gasteiger partial charge is 0.145 e. The normalized spacial score (nSPS) is 12.6. The van der Waals surface area contributed by atoms with Crippen molar-refractivity contribution in [1.29, 1.82) is 0 Å². The third-order valence-corrected chi connectivity index (χ3v) is 10.8. The molecule has 5 aromatic carbocycles. The Bertz CT molecular complexity index is 2590. The summed E-state index contributed by atoms with van der Waals surface area (Å²) in [7, 11) is 0. The molecule has 0 aliphatic carbocycles. The number of hydrogen-bond acceptors (Lipinski definition) is 1. The maximum atomic E-state index is 4.90. The van der Waals surface area contributed by atoms with Gasteiger partial charge in [-0.05, 0) is 143 Å². The number of nitrogens with zero attached hydrogens (tertiary/aromatic N) is 2. The van der Waals surface area contributed by atoms with Crippen LogP contribution in [-0.4, -0.2) is 14.5 Å². The highest BCUT2D eigenvalue weighted by Crippen LogP contribution is 2.43. The van der Waals surface area contributed by atoms with Crippen LogP contribution in [0.1, 0.15) is 74.9 Å². The number of aromatic nitrogens is 3. The van der Waals surface area contributed by atoms with E-state index in [4.69, 9.17) is 4.98 Å². The van der Waals surface area contributed by atoms with Gasteiger partial charge in [0.25, 0.3) is 0 Å². The molecule has 3 nitrogen and oxygen atoms in total. The van der Waals surface area contributed by atoms with Crippen LogP contribution in [0.2, 0.25) is 0 Å². The van der Waals surface area contributed by atoms with E-state index in [1.165, 1.54) is 99.4 Å². The van der Waals surface area contributed by atoms with E-state index in [9.17, 15) is 0 Å². The van der Waals surface area contributed by atoms with Gasteiger partial charge in [-0.2, -0.15) is 0 Å². The predicted molar refractivity (Wildman–Crippen MR) is 215 cm³/mol. The zero-order valence-electron chi connectivity index (χ0n) is 31.1. The zero-order chi connectivity index (χ0) is 35.3. The van der Waals surface area contributed by atoms with E-state index in [2.05, 4.69) is 164 Å². The number of aromatic amines is 1. The van der Waals surface area contributed by atoms with Crippen LogP contribution in [0, 0.1) is 27.7 Å². The van der Waals surface area contributed by atoms with Crippen molar-refractivity contribution >= 4 is 43.7 Å². The van der Waals surface area contributed by atoms with Crippen molar-refractivity contribution < 1.29 is 0 Å². The monoisotopic (exact) mass is 653 g/mol. The van der Waals surface area contributed by atoms with Gasteiger partial charge in [0.05, 0.1) is 16.7 Å². The first kappa shape index (κ1) is 32.1. The van der Waals surface area contributed by atoms with Gasteiger partial charge < -0.3 is 4.98 Å². The van der Waals surface area contributed by atoms with Crippen molar-refractivity contribution in [3.05, 3.63) is 131 Å². The second-order valence-corrected chi connectivity index (χ2v) is 16.5. The number of rotatable bonds is 3. The molecule has 0 atom stereocenters. The van der Waals surface area contributed by atoms with Crippen LogP contribution in [0.5, 0.6) is 0 Å². The quantitative estimate of drug-likeness (QED) is 0.202. The van der Waals surface area contributed by atoms with E-state index < -0.39 is 0 Å². The molecule has 0 radical (unpaired) electrons. The van der Waals surface area contributed by atoms with Gasteiger partial charge in [-0.25, -0.2) is 4.98 Å². The van der Waals surface area contributed by atoms with Crippen molar-refractivity contribution in [1.82, 2.24) is 14.5 Å². The molecular weight excluding hydrogens is 607 g/mol. The van der Waals surface area contributed by atoms with Gasteiger partial charge in [0, 0.05) is 38.8 Å². The van der Waals surface area contributed by atoms with Crippen molar-refractivity contribution in [2.24, 2.45) is 0 Å². The second-order valence-electron chi connectivity index (χ2n) is 16.5. The van der Waals surface area contributed by atoms with E-state index in [1.54, 1.807) is 0 Å². The van der Waals surface area contributed by atoms with Gasteiger partial charge >= 0.3 is 0 Å². The maximum absolute atomic E-state index is 4.90. The lowest BCUT2D eigenvalue weighted by Crippen LogP contribution is -2.11. The largest absolute Gasteiger partial charge is 0.354 e. The van der Waals surface area contributed by atoms with Crippen LogP contribution in [0.15, 0.2) is 97.2 Å². The molecule has 0 aliphatic rings. The minimum Gasteiger partial charge on any atom is -0.354 e. The third-order valence-electron chi connectivity index (χ3n) is 10.8. The SMILES string of the molecule is Cc1cc(C)c(-c2cc(C(C)(C)C)cc3c2[nH]c2ccc(C(C)(C)C)cc23)cc1-c1cc(-n2c3ccccc3c3cccnc32)c(C)cc1C. The summed E-state index contributed by atoms with van der Waals surface area (Å²) < 4.78 is 2.35. The number of aryl methyl sites for hydroxylation is 4. The molecule has 3 heteroatoms. The predicted octanol–water partition coefficient (Wildman–Crippen LogP) is 13.0. The fourth-order valence-corrected chi connectivity index (χ4v) is 7.96. The Morgan fingerprint density at radius 1 is 0.520 bits per heavy atom. The Hall–Kier alpha value is -5.15. The van der Waals surface area contributed by atoms with Gasteiger partial charge in [-0.15, -0.1) is 0 Å². The van der Waals surface area contributed by atoms with E-state index in [1.807, 2.05) is 12.3 Å². The Morgan fingerprint density at radius 2 is 1.14 bits per heavy atom. The molecule has 0 saturated heterocycles. The Kier molecular flexibility index (Phi) is 7.17. The summed E-state index contributed by atoms with van der Waals surface area (Å²) in [6.07, 6.45) is 1.90. The highest BCUT2D eigenvalue weighted by atomic mass is 15.0. The molecule has 0 saturated carbocycles. The first-order valence-electron chi connectivity index (χ1n) is 17.9. The molecule has 3 aromatic heterocycles. The molecule has 8 rings (SSSR count). The molecule has 1 N–H and O–H groups in total. The second kappa shape index (κ2) is 11.2. The van der Waals surface area contributed by atoms with Crippen LogP contribution >= 0.6 is 0 Å². The Balaban J connectivity index is 1.38. The van der Waals surface area contributed by atoms with E-state index >= 15 is 0 Å². The van der Waals surface area contributed by atoms with E-state index in [-0.39, 0.29) is 10.8 Å². The number of nitrogens with one attached hydrogen (secondary N) is 1. The third kappa shape index (κ3) is 5.05. The first-order chi connectivity index (χ1) is 23.7. The number of hydrogen-bond donors (Lipinski definition) is 1. The zero-order valence-corrected chi connectivity index (χ0v) is 31.1. The van der Waals surface area contributed by atoms with E-state index in [0.717, 1.165) is 5.65 Å². The van der Waals surface area contributed by atoms with Crippen LogP contribution in [0.3, 0.4) is 0 Å². The highest BCUT2D eigenvalue weighted by Gasteiger charge is 2.23.